The number of benzene rings is 8. The number of rotatable bonds is 3. The Morgan fingerprint density at radius 2 is 0.691 bits per heavy atom. The second kappa shape index (κ2) is 11.5. The average Bonchev–Trinajstić information content (AvgIpc) is 3.90. The molecule has 0 aliphatic rings. The smallest absolute Gasteiger partial charge is 0.220 e. The summed E-state index contributed by atoms with van der Waals surface area (Å²) in [6.07, 6.45) is 0. The minimum absolute atomic E-state index is 0.872. The zero-order chi connectivity index (χ0) is 36.0. The molecule has 0 amide bonds. The van der Waals surface area contributed by atoms with Crippen LogP contribution in [0.25, 0.3) is 94.3 Å². The van der Waals surface area contributed by atoms with Gasteiger partial charge in [0.25, 0.3) is 0 Å². The van der Waals surface area contributed by atoms with E-state index in [0.717, 1.165) is 72.5 Å². The van der Waals surface area contributed by atoms with Gasteiger partial charge < -0.3 is 13.7 Å². The van der Waals surface area contributed by atoms with Crippen molar-refractivity contribution in [3.05, 3.63) is 194 Å². The van der Waals surface area contributed by atoms with Crippen LogP contribution in [0.4, 0.5) is 0 Å². The van der Waals surface area contributed by atoms with E-state index in [4.69, 9.17) is 4.98 Å². The van der Waals surface area contributed by atoms with Gasteiger partial charge in [0.05, 0.1) is 60.7 Å². The summed E-state index contributed by atoms with van der Waals surface area (Å²) in [6, 6.07) is 69.6. The molecule has 4 aromatic heterocycles. The fourth-order valence-corrected chi connectivity index (χ4v) is 8.87. The molecule has 0 spiro atoms. The van der Waals surface area contributed by atoms with Gasteiger partial charge in [0.1, 0.15) is 0 Å². The van der Waals surface area contributed by atoms with Gasteiger partial charge in [-0.05, 0) is 97.1 Å². The molecule has 0 saturated carbocycles. The first-order chi connectivity index (χ1) is 27.3. The highest BCUT2D eigenvalue weighted by Crippen LogP contribution is 2.36. The number of para-hydroxylation sites is 10. The quantitative estimate of drug-likeness (QED) is 0.180. The van der Waals surface area contributed by atoms with Gasteiger partial charge in [-0.2, -0.15) is 0 Å². The standard InChI is InChI=1S/C49H32N6/c1-2-15-33(16-3-1)53-43-24-11-10-23-42(43)52(35-31-29-34(30-32-35)51-39-20-7-4-17-36(39)37-18-5-8-21-40(37)51)44-25-12-13-26-45(44)55-48-46(53)27-14-28-47(48)54-41-22-9-6-19-38(41)50-49(54)55/h1-32H. The topological polar surface area (TPSA) is 36.5 Å². The number of hydrogen-bond donors (Lipinski definition) is 0. The minimum Gasteiger partial charge on any atom is -0.309 e. The molecule has 258 valence electrons. The van der Waals surface area contributed by atoms with Gasteiger partial charge >= 0.3 is 0 Å². The van der Waals surface area contributed by atoms with Crippen molar-refractivity contribution >= 4 is 77.2 Å². The molecule has 0 unspecified atom stereocenters. The summed E-state index contributed by atoms with van der Waals surface area (Å²) in [4.78, 5) is 5.32. The van der Waals surface area contributed by atoms with E-state index >= 15 is 0 Å². The van der Waals surface area contributed by atoms with Crippen molar-refractivity contribution in [3.63, 3.8) is 0 Å². The van der Waals surface area contributed by atoms with Gasteiger partial charge in [0, 0.05) is 27.8 Å². The van der Waals surface area contributed by atoms with Crippen molar-refractivity contribution in [3.8, 4) is 17.1 Å². The number of fused-ring (bicyclic) bond motifs is 11. The van der Waals surface area contributed by atoms with Crippen LogP contribution in [0.2, 0.25) is 0 Å². The lowest BCUT2D eigenvalue weighted by Crippen LogP contribution is -2.02. The highest BCUT2D eigenvalue weighted by molar-refractivity contribution is 6.09. The lowest BCUT2D eigenvalue weighted by Gasteiger charge is -2.16. The van der Waals surface area contributed by atoms with Gasteiger partial charge in [-0.1, -0.05) is 97.1 Å². The molecule has 0 aliphatic heterocycles. The molecule has 0 atom stereocenters. The number of hydrogen-bond acceptors (Lipinski definition) is 1. The first kappa shape index (κ1) is 29.9. The molecule has 12 rings (SSSR count). The first-order valence-electron chi connectivity index (χ1n) is 18.7. The van der Waals surface area contributed by atoms with E-state index in [0.29, 0.717) is 0 Å². The first-order valence-corrected chi connectivity index (χ1v) is 18.7. The minimum atomic E-state index is 0.872. The fourth-order valence-electron chi connectivity index (χ4n) is 8.87. The molecule has 4 heterocycles. The van der Waals surface area contributed by atoms with E-state index in [1.165, 1.54) is 21.8 Å². The predicted octanol–water partition coefficient (Wildman–Crippen LogP) is 12.0. The Morgan fingerprint density at radius 3 is 1.33 bits per heavy atom. The third-order valence-electron chi connectivity index (χ3n) is 11.1. The Morgan fingerprint density at radius 1 is 0.273 bits per heavy atom. The van der Waals surface area contributed by atoms with Crippen LogP contribution >= 0.6 is 0 Å². The van der Waals surface area contributed by atoms with Crippen LogP contribution in [0, 0.1) is 0 Å². The van der Waals surface area contributed by atoms with Gasteiger partial charge in [0.15, 0.2) is 0 Å². The van der Waals surface area contributed by atoms with E-state index in [-0.39, 0.29) is 0 Å². The van der Waals surface area contributed by atoms with Crippen LogP contribution in [-0.2, 0) is 0 Å². The third-order valence-corrected chi connectivity index (χ3v) is 11.1. The second-order valence-electron chi connectivity index (χ2n) is 14.1. The Hall–Kier alpha value is -7.57. The zero-order valence-electron chi connectivity index (χ0n) is 29.7. The van der Waals surface area contributed by atoms with Crippen molar-refractivity contribution < 1.29 is 0 Å². The molecule has 0 saturated heterocycles. The second-order valence-corrected chi connectivity index (χ2v) is 14.1. The molecule has 0 N–H and O–H groups in total. The highest BCUT2D eigenvalue weighted by Gasteiger charge is 2.20. The maximum atomic E-state index is 5.32. The molecule has 0 aliphatic carbocycles. The van der Waals surface area contributed by atoms with Gasteiger partial charge in [-0.15, -0.1) is 0 Å². The maximum absolute atomic E-state index is 5.32. The molecule has 0 radical (unpaired) electrons. The van der Waals surface area contributed by atoms with E-state index in [1.54, 1.807) is 0 Å². The van der Waals surface area contributed by atoms with Crippen molar-refractivity contribution in [2.75, 3.05) is 0 Å². The Balaban J connectivity index is 1.28. The van der Waals surface area contributed by atoms with Crippen molar-refractivity contribution in [1.29, 1.82) is 0 Å². The summed E-state index contributed by atoms with van der Waals surface area (Å²) in [5.41, 5.74) is 15.2. The SMILES string of the molecule is c1ccc(-n2c3ccccc3n(-c3ccc(-n4c5ccccc5c5ccccc54)cc3)c3ccccc3n3c4c2cccc4n2c4ccccc4nc23)cc1. The van der Waals surface area contributed by atoms with Gasteiger partial charge in [0.2, 0.25) is 5.78 Å². The van der Waals surface area contributed by atoms with Crippen molar-refractivity contribution in [1.82, 2.24) is 27.5 Å². The molecule has 6 heteroatoms. The lowest BCUT2D eigenvalue weighted by atomic mass is 10.2. The Labute approximate surface area is 314 Å². The summed E-state index contributed by atoms with van der Waals surface area (Å²) < 4.78 is 11.9. The fraction of sp³-hybridized carbons (Fsp3) is 0. The average molecular weight is 705 g/mol. The lowest BCUT2D eigenvalue weighted by molar-refractivity contribution is 1.12. The molecular weight excluding hydrogens is 673 g/mol. The van der Waals surface area contributed by atoms with Crippen LogP contribution in [0.3, 0.4) is 0 Å². The molecule has 0 fully saturated rings. The van der Waals surface area contributed by atoms with Gasteiger partial charge in [-0.3, -0.25) is 8.80 Å². The number of aromatic nitrogens is 6. The van der Waals surface area contributed by atoms with Crippen LogP contribution in [-0.4, -0.2) is 27.5 Å². The van der Waals surface area contributed by atoms with Crippen LogP contribution in [0.5, 0.6) is 0 Å². The van der Waals surface area contributed by atoms with E-state index in [9.17, 15) is 0 Å². The third kappa shape index (κ3) is 4.22. The van der Waals surface area contributed by atoms with E-state index in [1.807, 2.05) is 0 Å². The predicted molar refractivity (Wildman–Crippen MR) is 227 cm³/mol. The summed E-state index contributed by atoms with van der Waals surface area (Å²) >= 11 is 0. The summed E-state index contributed by atoms with van der Waals surface area (Å²) in [5.74, 6) is 0.872. The Bertz CT molecular complexity index is 3480. The highest BCUT2D eigenvalue weighted by atomic mass is 15.2. The number of nitrogens with zero attached hydrogens (tertiary/aromatic N) is 6. The van der Waals surface area contributed by atoms with Crippen LogP contribution in [0.15, 0.2) is 194 Å². The maximum Gasteiger partial charge on any atom is 0.220 e. The molecule has 6 nitrogen and oxygen atoms in total. The van der Waals surface area contributed by atoms with Crippen LogP contribution in [0.1, 0.15) is 0 Å². The van der Waals surface area contributed by atoms with Crippen molar-refractivity contribution in [2.24, 2.45) is 0 Å². The van der Waals surface area contributed by atoms with Crippen LogP contribution < -0.4 is 0 Å². The molecule has 8 aromatic carbocycles. The summed E-state index contributed by atoms with van der Waals surface area (Å²) in [6.45, 7) is 0. The monoisotopic (exact) mass is 704 g/mol. The molecule has 12 aromatic rings. The summed E-state index contributed by atoms with van der Waals surface area (Å²) in [5, 5.41) is 2.50. The van der Waals surface area contributed by atoms with E-state index in [2.05, 4.69) is 217 Å². The zero-order valence-corrected chi connectivity index (χ0v) is 29.7. The van der Waals surface area contributed by atoms with Crippen molar-refractivity contribution in [2.45, 2.75) is 0 Å². The normalized spacial score (nSPS) is 12.0. The van der Waals surface area contributed by atoms with E-state index < -0.39 is 0 Å². The summed E-state index contributed by atoms with van der Waals surface area (Å²) in [7, 11) is 0. The largest absolute Gasteiger partial charge is 0.309 e. The van der Waals surface area contributed by atoms with Gasteiger partial charge in [-0.25, -0.2) is 4.98 Å². The molecule has 0 bridgehead atoms. The molecule has 55 heavy (non-hydrogen) atoms. The number of imidazole rings is 2. The molecular formula is C49H32N6. The Kier molecular flexibility index (Phi) is 6.24.